The SMILES string of the molecule is COc1cc(F)ccc1CC(=O)N1CC(F)(F)CC2(CCNC2=O)C1. The Kier molecular flexibility index (Phi) is 4.38. The van der Waals surface area contributed by atoms with Crippen molar-refractivity contribution in [1.29, 1.82) is 0 Å². The van der Waals surface area contributed by atoms with E-state index in [4.69, 9.17) is 4.74 Å². The second-order valence-corrected chi connectivity index (χ2v) is 6.70. The van der Waals surface area contributed by atoms with Gasteiger partial charge in [-0.15, -0.1) is 0 Å². The summed E-state index contributed by atoms with van der Waals surface area (Å²) in [5.41, 5.74) is -0.822. The molecule has 8 heteroatoms. The van der Waals surface area contributed by atoms with Gasteiger partial charge in [-0.2, -0.15) is 0 Å². The van der Waals surface area contributed by atoms with Gasteiger partial charge in [-0.05, 0) is 12.5 Å². The number of halogens is 3. The largest absolute Gasteiger partial charge is 0.496 e. The zero-order chi connectivity index (χ0) is 18.2. The molecule has 1 N–H and O–H groups in total. The van der Waals surface area contributed by atoms with E-state index in [1.54, 1.807) is 0 Å². The molecule has 2 fully saturated rings. The molecule has 2 saturated heterocycles. The van der Waals surface area contributed by atoms with Crippen LogP contribution in [-0.2, 0) is 16.0 Å². The average molecular weight is 356 g/mol. The summed E-state index contributed by atoms with van der Waals surface area (Å²) in [5, 5.41) is 2.58. The average Bonchev–Trinajstić information content (AvgIpc) is 2.87. The van der Waals surface area contributed by atoms with E-state index in [-0.39, 0.29) is 25.1 Å². The van der Waals surface area contributed by atoms with Gasteiger partial charge in [0.25, 0.3) is 5.92 Å². The summed E-state index contributed by atoms with van der Waals surface area (Å²) < 4.78 is 46.6. The van der Waals surface area contributed by atoms with Crippen molar-refractivity contribution in [2.45, 2.75) is 25.2 Å². The molecule has 0 bridgehead atoms. The zero-order valence-corrected chi connectivity index (χ0v) is 13.8. The first-order chi connectivity index (χ1) is 11.7. The molecule has 5 nitrogen and oxygen atoms in total. The molecule has 1 atom stereocenters. The molecular weight excluding hydrogens is 337 g/mol. The molecule has 2 aliphatic rings. The molecular formula is C17H19F3N2O3. The summed E-state index contributed by atoms with van der Waals surface area (Å²) in [6, 6.07) is 3.72. The van der Waals surface area contributed by atoms with Crippen molar-refractivity contribution in [3.05, 3.63) is 29.6 Å². The number of hydrogen-bond acceptors (Lipinski definition) is 3. The summed E-state index contributed by atoms with van der Waals surface area (Å²) in [6.07, 6.45) is -0.461. The second-order valence-electron chi connectivity index (χ2n) is 6.70. The van der Waals surface area contributed by atoms with Crippen molar-refractivity contribution in [3.8, 4) is 5.75 Å². The molecule has 0 aliphatic carbocycles. The topological polar surface area (TPSA) is 58.6 Å². The lowest BCUT2D eigenvalue weighted by molar-refractivity contribution is -0.159. The maximum absolute atomic E-state index is 14.2. The number of carbonyl (C=O) groups is 2. The lowest BCUT2D eigenvalue weighted by Gasteiger charge is -2.42. The van der Waals surface area contributed by atoms with Crippen LogP contribution in [0.5, 0.6) is 5.75 Å². The third-order valence-electron chi connectivity index (χ3n) is 4.83. The Bertz CT molecular complexity index is 710. The van der Waals surface area contributed by atoms with Crippen LogP contribution in [0, 0.1) is 11.2 Å². The van der Waals surface area contributed by atoms with Gasteiger partial charge in [0, 0.05) is 31.1 Å². The monoisotopic (exact) mass is 356 g/mol. The number of alkyl halides is 2. The number of methoxy groups -OCH3 is 1. The van der Waals surface area contributed by atoms with Crippen LogP contribution in [0.25, 0.3) is 0 Å². The van der Waals surface area contributed by atoms with Crippen molar-refractivity contribution in [2.24, 2.45) is 5.41 Å². The van der Waals surface area contributed by atoms with E-state index in [2.05, 4.69) is 5.32 Å². The highest BCUT2D eigenvalue weighted by Gasteiger charge is 2.55. The molecule has 136 valence electrons. The van der Waals surface area contributed by atoms with Crippen LogP contribution in [0.3, 0.4) is 0 Å². The van der Waals surface area contributed by atoms with Crippen LogP contribution >= 0.6 is 0 Å². The van der Waals surface area contributed by atoms with Gasteiger partial charge in [0.05, 0.1) is 25.5 Å². The molecule has 25 heavy (non-hydrogen) atoms. The van der Waals surface area contributed by atoms with E-state index in [0.29, 0.717) is 12.1 Å². The summed E-state index contributed by atoms with van der Waals surface area (Å²) in [6.45, 7) is -0.413. The fourth-order valence-corrected chi connectivity index (χ4v) is 3.66. The van der Waals surface area contributed by atoms with Crippen LogP contribution in [0.1, 0.15) is 18.4 Å². The Morgan fingerprint density at radius 1 is 1.36 bits per heavy atom. The fourth-order valence-electron chi connectivity index (χ4n) is 3.66. The number of ether oxygens (including phenoxy) is 1. The van der Waals surface area contributed by atoms with Crippen LogP contribution in [0.2, 0.25) is 0 Å². The van der Waals surface area contributed by atoms with Gasteiger partial charge in [-0.1, -0.05) is 6.07 Å². The fraction of sp³-hybridized carbons (Fsp3) is 0.529. The molecule has 2 heterocycles. The van der Waals surface area contributed by atoms with Crippen LogP contribution < -0.4 is 10.1 Å². The minimum absolute atomic E-state index is 0.0310. The molecule has 0 radical (unpaired) electrons. The van der Waals surface area contributed by atoms with Crippen molar-refractivity contribution in [1.82, 2.24) is 10.2 Å². The predicted molar refractivity (Wildman–Crippen MR) is 82.9 cm³/mol. The number of carbonyl (C=O) groups excluding carboxylic acids is 2. The number of nitrogens with one attached hydrogen (secondary N) is 1. The normalized spacial score (nSPS) is 25.1. The van der Waals surface area contributed by atoms with E-state index in [1.165, 1.54) is 19.2 Å². The molecule has 1 aromatic carbocycles. The molecule has 1 unspecified atom stereocenters. The number of hydrogen-bond donors (Lipinski definition) is 1. The standard InChI is InChI=1S/C17H19F3N2O3/c1-25-13-7-12(18)3-2-11(13)6-14(23)22-9-16(4-5-21-15(16)24)8-17(19,20)10-22/h2-3,7H,4-6,8-10H2,1H3,(H,21,24). The highest BCUT2D eigenvalue weighted by atomic mass is 19.3. The van der Waals surface area contributed by atoms with Crippen molar-refractivity contribution in [3.63, 3.8) is 0 Å². The van der Waals surface area contributed by atoms with Crippen molar-refractivity contribution < 1.29 is 27.5 Å². The number of piperidine rings is 1. The van der Waals surface area contributed by atoms with Gasteiger partial charge in [-0.3, -0.25) is 9.59 Å². The molecule has 3 rings (SSSR count). The van der Waals surface area contributed by atoms with Gasteiger partial charge in [0.15, 0.2) is 0 Å². The highest BCUT2D eigenvalue weighted by Crippen LogP contribution is 2.43. The van der Waals surface area contributed by atoms with E-state index in [9.17, 15) is 22.8 Å². The maximum Gasteiger partial charge on any atom is 0.266 e. The Hall–Kier alpha value is -2.25. The number of amides is 2. The van der Waals surface area contributed by atoms with Crippen LogP contribution in [0.4, 0.5) is 13.2 Å². The van der Waals surface area contributed by atoms with E-state index in [0.717, 1.165) is 11.0 Å². The van der Waals surface area contributed by atoms with Gasteiger partial charge in [0.2, 0.25) is 11.8 Å². The summed E-state index contributed by atoms with van der Waals surface area (Å²) in [7, 11) is 1.34. The molecule has 1 spiro atoms. The molecule has 0 aromatic heterocycles. The van der Waals surface area contributed by atoms with Gasteiger partial charge < -0.3 is 15.0 Å². The van der Waals surface area contributed by atoms with E-state index < -0.39 is 41.9 Å². The lowest BCUT2D eigenvalue weighted by atomic mass is 9.77. The zero-order valence-electron chi connectivity index (χ0n) is 13.8. The lowest BCUT2D eigenvalue weighted by Crippen LogP contribution is -2.57. The van der Waals surface area contributed by atoms with Crippen molar-refractivity contribution >= 4 is 11.8 Å². The quantitative estimate of drug-likeness (QED) is 0.898. The van der Waals surface area contributed by atoms with Gasteiger partial charge in [-0.25, -0.2) is 13.2 Å². The number of benzene rings is 1. The third kappa shape index (κ3) is 3.43. The summed E-state index contributed by atoms with van der Waals surface area (Å²) in [5.74, 6) is -4.42. The van der Waals surface area contributed by atoms with E-state index in [1.807, 2.05) is 0 Å². The highest BCUT2D eigenvalue weighted by molar-refractivity contribution is 5.87. The van der Waals surface area contributed by atoms with Crippen LogP contribution in [0.15, 0.2) is 18.2 Å². The van der Waals surface area contributed by atoms with Crippen LogP contribution in [-0.4, -0.2) is 49.4 Å². The third-order valence-corrected chi connectivity index (χ3v) is 4.83. The maximum atomic E-state index is 14.2. The summed E-state index contributed by atoms with van der Waals surface area (Å²) in [4.78, 5) is 25.7. The molecule has 2 aliphatic heterocycles. The first-order valence-corrected chi connectivity index (χ1v) is 8.01. The number of likely N-dealkylation sites (tertiary alicyclic amines) is 1. The first-order valence-electron chi connectivity index (χ1n) is 8.01. The Morgan fingerprint density at radius 3 is 2.76 bits per heavy atom. The Labute approximate surface area is 143 Å². The molecule has 0 saturated carbocycles. The molecule has 2 amide bonds. The summed E-state index contributed by atoms with van der Waals surface area (Å²) >= 11 is 0. The number of nitrogens with zero attached hydrogens (tertiary/aromatic N) is 1. The molecule has 1 aromatic rings. The predicted octanol–water partition coefficient (Wildman–Crippen LogP) is 1.75. The van der Waals surface area contributed by atoms with Gasteiger partial charge >= 0.3 is 0 Å². The first kappa shape index (κ1) is 17.6. The Morgan fingerprint density at radius 2 is 2.12 bits per heavy atom. The smallest absolute Gasteiger partial charge is 0.266 e. The Balaban J connectivity index is 1.81. The minimum atomic E-state index is -3.12. The van der Waals surface area contributed by atoms with Gasteiger partial charge in [0.1, 0.15) is 11.6 Å². The minimum Gasteiger partial charge on any atom is -0.496 e. The van der Waals surface area contributed by atoms with Crippen molar-refractivity contribution in [2.75, 3.05) is 26.7 Å². The van der Waals surface area contributed by atoms with E-state index >= 15 is 0 Å². The number of rotatable bonds is 3. The second kappa shape index (κ2) is 6.24.